The molecule has 0 aliphatic carbocycles. The third-order valence-electron chi connectivity index (χ3n) is 3.03. The summed E-state index contributed by atoms with van der Waals surface area (Å²) < 4.78 is 4.88. The second-order valence-corrected chi connectivity index (χ2v) is 5.18. The number of carboxylic acid groups (broad SMARTS) is 1. The van der Waals surface area contributed by atoms with Gasteiger partial charge in [-0.15, -0.1) is 0 Å². The molecule has 1 aromatic heterocycles. The lowest BCUT2D eigenvalue weighted by atomic mass is 10.2. The van der Waals surface area contributed by atoms with Gasteiger partial charge in [0.25, 0.3) is 0 Å². The largest absolute Gasteiger partial charge is 0.480 e. The Morgan fingerprint density at radius 1 is 1.32 bits per heavy atom. The number of nitrogens with zero attached hydrogens (tertiary/aromatic N) is 2. The molecular formula is C12H20N6O7. The second kappa shape index (κ2) is 8.91. The van der Waals surface area contributed by atoms with Crippen LogP contribution in [0.25, 0.3) is 0 Å². The summed E-state index contributed by atoms with van der Waals surface area (Å²) in [6, 6.07) is -4.67. The number of primary amides is 1. The number of carboxylic acids is 1. The summed E-state index contributed by atoms with van der Waals surface area (Å²) in [5, 5.41) is 35.0. The molecule has 140 valence electrons. The highest BCUT2D eigenvalue weighted by Crippen LogP contribution is 2.16. The summed E-state index contributed by atoms with van der Waals surface area (Å²) in [4.78, 5) is 37.9. The highest BCUT2D eigenvalue weighted by molar-refractivity contribution is 5.83. The minimum Gasteiger partial charge on any atom is -0.480 e. The van der Waals surface area contributed by atoms with Crippen LogP contribution in [0.4, 0.5) is 4.79 Å². The monoisotopic (exact) mass is 360 g/mol. The van der Waals surface area contributed by atoms with Crippen LogP contribution in [0.3, 0.4) is 0 Å². The van der Waals surface area contributed by atoms with Gasteiger partial charge in [-0.2, -0.15) is 4.98 Å². The van der Waals surface area contributed by atoms with E-state index >= 15 is 0 Å². The molecule has 9 N–H and O–H groups in total. The quantitative estimate of drug-likeness (QED) is 0.238. The Balaban J connectivity index is 2.89. The minimum atomic E-state index is -1.57. The molecule has 0 spiro atoms. The molecule has 1 rings (SSSR count). The van der Waals surface area contributed by atoms with E-state index in [1.807, 2.05) is 5.32 Å². The molecule has 1 unspecified atom stereocenters. The Kier molecular flexibility index (Phi) is 7.22. The fraction of sp³-hybridized carbons (Fsp3) is 0.583. The van der Waals surface area contributed by atoms with Gasteiger partial charge in [-0.05, 0) is 6.92 Å². The average Bonchev–Trinajstić information content (AvgIpc) is 3.00. The molecule has 0 aromatic carbocycles. The van der Waals surface area contributed by atoms with Crippen LogP contribution in [0.2, 0.25) is 0 Å². The number of hydrogen-bond acceptors (Lipinski definition) is 9. The van der Waals surface area contributed by atoms with E-state index in [4.69, 9.17) is 26.2 Å². The normalized spacial score (nSPS) is 15.7. The van der Waals surface area contributed by atoms with Gasteiger partial charge >= 0.3 is 12.0 Å². The molecule has 0 fully saturated rings. The summed E-state index contributed by atoms with van der Waals surface area (Å²) in [5.74, 6) is -2.52. The van der Waals surface area contributed by atoms with Crippen LogP contribution < -0.4 is 22.1 Å². The number of hydrogen-bond donors (Lipinski definition) is 7. The van der Waals surface area contributed by atoms with Crippen LogP contribution >= 0.6 is 0 Å². The van der Waals surface area contributed by atoms with E-state index < -0.39 is 55.2 Å². The number of aromatic nitrogens is 2. The maximum absolute atomic E-state index is 11.9. The number of nitrogens with two attached hydrogens (primary N) is 2. The van der Waals surface area contributed by atoms with Crippen LogP contribution in [-0.2, 0) is 9.59 Å². The molecule has 4 atom stereocenters. The van der Waals surface area contributed by atoms with E-state index in [9.17, 15) is 19.5 Å². The van der Waals surface area contributed by atoms with Gasteiger partial charge in [0.1, 0.15) is 6.04 Å². The predicted octanol–water partition coefficient (Wildman–Crippen LogP) is -2.89. The fourth-order valence-electron chi connectivity index (χ4n) is 1.75. The topological polar surface area (TPSA) is 227 Å². The van der Waals surface area contributed by atoms with E-state index in [2.05, 4.69) is 15.5 Å². The molecule has 0 aliphatic rings. The molecule has 0 bridgehead atoms. The number of carbonyl (C=O) groups is 3. The van der Waals surface area contributed by atoms with Crippen molar-refractivity contribution in [1.29, 1.82) is 0 Å². The minimum absolute atomic E-state index is 0.0541. The van der Waals surface area contributed by atoms with Crippen LogP contribution in [0.5, 0.6) is 0 Å². The lowest BCUT2D eigenvalue weighted by Gasteiger charge is -2.19. The van der Waals surface area contributed by atoms with Crippen LogP contribution in [0.1, 0.15) is 37.1 Å². The number of nitrogens with one attached hydrogen (secondary N) is 2. The number of rotatable bonds is 9. The SMILES string of the molecule is CC(O)[C@@H](NC(=O)N[C@H](CC(N)=O)c1nc([C@@H](N)CO)no1)C(=O)O. The molecule has 3 amide bonds. The number of aliphatic carboxylic acids is 1. The fourth-order valence-corrected chi connectivity index (χ4v) is 1.75. The lowest BCUT2D eigenvalue weighted by molar-refractivity contribution is -0.141. The highest BCUT2D eigenvalue weighted by atomic mass is 16.5. The third kappa shape index (κ3) is 5.98. The van der Waals surface area contributed by atoms with Crippen molar-refractivity contribution in [1.82, 2.24) is 20.8 Å². The highest BCUT2D eigenvalue weighted by Gasteiger charge is 2.29. The van der Waals surface area contributed by atoms with Gasteiger partial charge in [-0.3, -0.25) is 4.79 Å². The first-order chi connectivity index (χ1) is 11.6. The zero-order valence-electron chi connectivity index (χ0n) is 13.2. The first-order valence-corrected chi connectivity index (χ1v) is 7.11. The Morgan fingerprint density at radius 2 is 1.96 bits per heavy atom. The summed E-state index contributed by atoms with van der Waals surface area (Å²) in [5.41, 5.74) is 10.6. The maximum Gasteiger partial charge on any atom is 0.328 e. The van der Waals surface area contributed by atoms with E-state index in [1.54, 1.807) is 0 Å². The first-order valence-electron chi connectivity index (χ1n) is 7.11. The van der Waals surface area contributed by atoms with Crippen molar-refractivity contribution in [2.24, 2.45) is 11.5 Å². The average molecular weight is 360 g/mol. The van der Waals surface area contributed by atoms with Crippen molar-refractivity contribution in [3.05, 3.63) is 11.7 Å². The Bertz CT molecular complexity index is 619. The molecule has 0 saturated carbocycles. The lowest BCUT2D eigenvalue weighted by Crippen LogP contribution is -2.52. The molecule has 1 heterocycles. The first kappa shape index (κ1) is 20.3. The maximum atomic E-state index is 11.9. The van der Waals surface area contributed by atoms with Gasteiger partial charge in [-0.25, -0.2) is 9.59 Å². The smallest absolute Gasteiger partial charge is 0.328 e. The standard InChI is InChI=1S/C12H20N6O7/c1-4(20)8(11(22)23)16-12(24)15-6(2-7(14)21)10-17-9(18-25-10)5(13)3-19/h4-6,8,19-20H,2-3,13H2,1H3,(H2,14,21)(H,22,23)(H2,15,16,24)/t4?,5-,6+,8+/m0/s1. The van der Waals surface area contributed by atoms with E-state index in [1.165, 1.54) is 6.92 Å². The van der Waals surface area contributed by atoms with Crippen LogP contribution in [0, 0.1) is 0 Å². The molecule has 0 radical (unpaired) electrons. The number of aliphatic hydroxyl groups is 2. The van der Waals surface area contributed by atoms with E-state index in [0.717, 1.165) is 0 Å². The Hall–Kier alpha value is -2.77. The summed E-state index contributed by atoms with van der Waals surface area (Å²) >= 11 is 0. The zero-order chi connectivity index (χ0) is 19.1. The molecule has 13 heteroatoms. The van der Waals surface area contributed by atoms with Gasteiger partial charge in [0, 0.05) is 0 Å². The van der Waals surface area contributed by atoms with Gasteiger partial charge < -0.3 is 41.9 Å². The van der Waals surface area contributed by atoms with Gasteiger partial charge in [0.15, 0.2) is 11.9 Å². The van der Waals surface area contributed by atoms with E-state index in [-0.39, 0.29) is 11.7 Å². The van der Waals surface area contributed by atoms with Crippen molar-refractivity contribution < 1.29 is 34.2 Å². The molecule has 0 saturated heterocycles. The Labute approximate surface area is 141 Å². The number of aliphatic hydroxyl groups excluding tert-OH is 2. The van der Waals surface area contributed by atoms with Crippen molar-refractivity contribution in [2.75, 3.05) is 6.61 Å². The van der Waals surface area contributed by atoms with Crippen molar-refractivity contribution in [3.63, 3.8) is 0 Å². The molecule has 1 aromatic rings. The summed E-state index contributed by atoms with van der Waals surface area (Å²) in [6.45, 7) is 0.725. The molecule has 0 aliphatic heterocycles. The predicted molar refractivity (Wildman–Crippen MR) is 79.6 cm³/mol. The van der Waals surface area contributed by atoms with Gasteiger partial charge in [-0.1, -0.05) is 5.16 Å². The van der Waals surface area contributed by atoms with Crippen molar-refractivity contribution >= 4 is 17.9 Å². The third-order valence-corrected chi connectivity index (χ3v) is 3.03. The second-order valence-electron chi connectivity index (χ2n) is 5.18. The Morgan fingerprint density at radius 3 is 2.44 bits per heavy atom. The van der Waals surface area contributed by atoms with Gasteiger partial charge in [0.05, 0.1) is 25.2 Å². The number of amides is 3. The molecule has 13 nitrogen and oxygen atoms in total. The van der Waals surface area contributed by atoms with Gasteiger partial charge in [0.2, 0.25) is 11.8 Å². The molecular weight excluding hydrogens is 340 g/mol. The van der Waals surface area contributed by atoms with E-state index in [0.29, 0.717) is 0 Å². The number of urea groups is 1. The zero-order valence-corrected chi connectivity index (χ0v) is 13.2. The van der Waals surface area contributed by atoms with Crippen molar-refractivity contribution in [2.45, 2.75) is 37.6 Å². The summed E-state index contributed by atoms with van der Waals surface area (Å²) in [7, 11) is 0. The van der Waals surface area contributed by atoms with Crippen molar-refractivity contribution in [3.8, 4) is 0 Å². The molecule has 25 heavy (non-hydrogen) atoms. The number of carbonyl (C=O) groups excluding carboxylic acids is 2. The van der Waals surface area contributed by atoms with Crippen LogP contribution in [0.15, 0.2) is 4.52 Å². The summed E-state index contributed by atoms with van der Waals surface area (Å²) in [6.07, 6.45) is -1.79. The van der Waals surface area contributed by atoms with Crippen LogP contribution in [-0.4, -0.2) is 62.1 Å².